The number of nitrogens with zero attached hydrogens (tertiary/aromatic N) is 1. The minimum Gasteiger partial charge on any atom is -0.262 e. The van der Waals surface area contributed by atoms with Crippen LogP contribution in [0.15, 0.2) is 39.3 Å². The maximum Gasteiger partial charge on any atom is 0.242 e. The molecule has 1 aliphatic rings. The molecule has 0 aromatic carbocycles. The first-order valence-electron chi connectivity index (χ1n) is 4.82. The van der Waals surface area contributed by atoms with Crippen LogP contribution in [0.3, 0.4) is 0 Å². The van der Waals surface area contributed by atoms with Crippen LogP contribution in [-0.4, -0.2) is 33.6 Å². The van der Waals surface area contributed by atoms with Gasteiger partial charge in [0.25, 0.3) is 0 Å². The van der Waals surface area contributed by atoms with Gasteiger partial charge in [0.15, 0.2) is 9.84 Å². The van der Waals surface area contributed by atoms with Crippen molar-refractivity contribution in [3.8, 4) is 0 Å². The van der Waals surface area contributed by atoms with E-state index in [4.69, 9.17) is 0 Å². The third-order valence-corrected chi connectivity index (χ3v) is 5.51. The summed E-state index contributed by atoms with van der Waals surface area (Å²) in [6.07, 6.45) is 3.97. The van der Waals surface area contributed by atoms with Gasteiger partial charge >= 0.3 is 0 Å². The Balaban J connectivity index is 2.22. The monoisotopic (exact) mass is 352 g/mol. The van der Waals surface area contributed by atoms with E-state index >= 15 is 0 Å². The zero-order valence-corrected chi connectivity index (χ0v) is 12.2. The molecule has 1 aromatic heterocycles. The molecule has 0 amide bonds. The van der Waals surface area contributed by atoms with Crippen molar-refractivity contribution in [2.45, 2.75) is 10.9 Å². The Kier molecular flexibility index (Phi) is 3.58. The highest BCUT2D eigenvalue weighted by molar-refractivity contribution is 9.10. The van der Waals surface area contributed by atoms with Gasteiger partial charge in [-0.25, -0.2) is 21.6 Å². The molecule has 0 aliphatic carbocycles. The molecule has 1 atom stereocenters. The summed E-state index contributed by atoms with van der Waals surface area (Å²) in [5.74, 6) is -0.256. The van der Waals surface area contributed by atoms with Crippen molar-refractivity contribution >= 4 is 35.8 Å². The van der Waals surface area contributed by atoms with Crippen molar-refractivity contribution in [2.75, 3.05) is 5.75 Å². The predicted molar refractivity (Wildman–Crippen MR) is 69.0 cm³/mol. The van der Waals surface area contributed by atoms with Gasteiger partial charge in [0.1, 0.15) is 4.90 Å². The Hall–Kier alpha value is -0.770. The van der Waals surface area contributed by atoms with E-state index in [1.807, 2.05) is 0 Å². The molecule has 0 fully saturated rings. The average molecular weight is 353 g/mol. The third-order valence-electron chi connectivity index (χ3n) is 2.23. The molecular formula is C9H9BrN2O4S2. The largest absolute Gasteiger partial charge is 0.262 e. The van der Waals surface area contributed by atoms with Crippen LogP contribution in [0.4, 0.5) is 0 Å². The van der Waals surface area contributed by atoms with Crippen molar-refractivity contribution in [2.24, 2.45) is 0 Å². The highest BCUT2D eigenvalue weighted by Gasteiger charge is 2.26. The van der Waals surface area contributed by atoms with E-state index in [-0.39, 0.29) is 10.6 Å². The van der Waals surface area contributed by atoms with E-state index in [0.29, 0.717) is 4.47 Å². The lowest BCUT2D eigenvalue weighted by atomic mass is 10.4. The van der Waals surface area contributed by atoms with Gasteiger partial charge in [-0.05, 0) is 22.0 Å². The van der Waals surface area contributed by atoms with Gasteiger partial charge in [-0.15, -0.1) is 0 Å². The number of pyridine rings is 1. The summed E-state index contributed by atoms with van der Waals surface area (Å²) in [6, 6.07) is 0.654. The SMILES string of the molecule is O=S1(=O)C=CC(NS(=O)(=O)c2cncc(Br)c2)C1. The van der Waals surface area contributed by atoms with Gasteiger partial charge in [0, 0.05) is 22.3 Å². The Morgan fingerprint density at radius 3 is 2.67 bits per heavy atom. The van der Waals surface area contributed by atoms with Gasteiger partial charge in [0.2, 0.25) is 10.0 Å². The van der Waals surface area contributed by atoms with Gasteiger partial charge < -0.3 is 0 Å². The number of sulfonamides is 1. The minimum atomic E-state index is -3.77. The summed E-state index contributed by atoms with van der Waals surface area (Å²) in [4.78, 5) is 3.73. The van der Waals surface area contributed by atoms with E-state index < -0.39 is 25.9 Å². The summed E-state index contributed by atoms with van der Waals surface area (Å²) in [5.41, 5.74) is 0. The van der Waals surface area contributed by atoms with Gasteiger partial charge in [-0.3, -0.25) is 4.98 Å². The predicted octanol–water partition coefficient (Wildman–Crippen LogP) is 0.433. The highest BCUT2D eigenvalue weighted by Crippen LogP contribution is 2.16. The molecule has 1 aromatic rings. The lowest BCUT2D eigenvalue weighted by molar-refractivity contribution is 0.574. The quantitative estimate of drug-likeness (QED) is 0.851. The summed E-state index contributed by atoms with van der Waals surface area (Å²) >= 11 is 3.12. The smallest absolute Gasteiger partial charge is 0.242 e. The molecule has 0 saturated heterocycles. The molecule has 2 heterocycles. The van der Waals surface area contributed by atoms with Crippen molar-refractivity contribution in [1.29, 1.82) is 0 Å². The fourth-order valence-electron chi connectivity index (χ4n) is 1.46. The molecule has 18 heavy (non-hydrogen) atoms. The number of sulfone groups is 1. The second-order valence-electron chi connectivity index (χ2n) is 3.72. The standard InChI is InChI=1S/C9H9BrN2O4S2/c10-7-3-9(5-11-4-7)18(15,16)12-8-1-2-17(13,14)6-8/h1-5,8,12H,6H2. The van der Waals surface area contributed by atoms with Crippen LogP contribution in [0.25, 0.3) is 0 Å². The molecule has 98 valence electrons. The molecule has 2 rings (SSSR count). The van der Waals surface area contributed by atoms with Crippen LogP contribution in [0.5, 0.6) is 0 Å². The Bertz CT molecular complexity index is 697. The Labute approximate surface area is 113 Å². The van der Waals surface area contributed by atoms with Crippen molar-refractivity contribution in [1.82, 2.24) is 9.71 Å². The first-order chi connectivity index (χ1) is 8.28. The van der Waals surface area contributed by atoms with E-state index in [9.17, 15) is 16.8 Å². The van der Waals surface area contributed by atoms with Crippen LogP contribution in [0.2, 0.25) is 0 Å². The van der Waals surface area contributed by atoms with E-state index in [1.54, 1.807) is 0 Å². The maximum atomic E-state index is 12.0. The molecular weight excluding hydrogens is 344 g/mol. The molecule has 1 N–H and O–H groups in total. The minimum absolute atomic E-state index is 0.0189. The maximum absolute atomic E-state index is 12.0. The zero-order valence-electron chi connectivity index (χ0n) is 8.95. The van der Waals surface area contributed by atoms with Gasteiger partial charge in [-0.2, -0.15) is 0 Å². The van der Waals surface area contributed by atoms with E-state index in [2.05, 4.69) is 25.6 Å². The Morgan fingerprint density at radius 1 is 1.39 bits per heavy atom. The molecule has 0 radical (unpaired) electrons. The van der Waals surface area contributed by atoms with E-state index in [1.165, 1.54) is 24.5 Å². The molecule has 1 unspecified atom stereocenters. The Morgan fingerprint density at radius 2 is 2.11 bits per heavy atom. The fraction of sp³-hybridized carbons (Fsp3) is 0.222. The molecule has 0 spiro atoms. The van der Waals surface area contributed by atoms with Gasteiger partial charge in [0.05, 0.1) is 11.8 Å². The second kappa shape index (κ2) is 4.72. The number of halogens is 1. The van der Waals surface area contributed by atoms with Crippen LogP contribution in [0.1, 0.15) is 0 Å². The first kappa shape index (κ1) is 13.7. The lowest BCUT2D eigenvalue weighted by Gasteiger charge is -2.10. The fourth-order valence-corrected chi connectivity index (χ4v) is 4.49. The molecule has 6 nitrogen and oxygen atoms in total. The third kappa shape index (κ3) is 3.16. The van der Waals surface area contributed by atoms with Crippen molar-refractivity contribution < 1.29 is 16.8 Å². The van der Waals surface area contributed by atoms with Gasteiger partial charge in [-0.1, -0.05) is 6.08 Å². The lowest BCUT2D eigenvalue weighted by Crippen LogP contribution is -2.35. The number of hydrogen-bond acceptors (Lipinski definition) is 5. The summed E-state index contributed by atoms with van der Waals surface area (Å²) < 4.78 is 49.1. The van der Waals surface area contributed by atoms with Crippen LogP contribution in [0, 0.1) is 0 Å². The highest BCUT2D eigenvalue weighted by atomic mass is 79.9. The van der Waals surface area contributed by atoms with E-state index in [0.717, 1.165) is 5.41 Å². The molecule has 0 saturated carbocycles. The van der Waals surface area contributed by atoms with Crippen molar-refractivity contribution in [3.05, 3.63) is 34.4 Å². The zero-order chi connectivity index (χ0) is 13.4. The molecule has 9 heteroatoms. The number of rotatable bonds is 3. The number of aromatic nitrogens is 1. The molecule has 0 bridgehead atoms. The number of hydrogen-bond donors (Lipinski definition) is 1. The van der Waals surface area contributed by atoms with Crippen LogP contribution >= 0.6 is 15.9 Å². The summed E-state index contributed by atoms with van der Waals surface area (Å²) in [6.45, 7) is 0. The topological polar surface area (TPSA) is 93.2 Å². The normalized spacial score (nSPS) is 22.2. The summed E-state index contributed by atoms with van der Waals surface area (Å²) in [5, 5.41) is 1.01. The van der Waals surface area contributed by atoms with Crippen LogP contribution in [-0.2, 0) is 19.9 Å². The summed E-state index contributed by atoms with van der Waals surface area (Å²) in [7, 11) is -7.07. The first-order valence-corrected chi connectivity index (χ1v) is 8.81. The number of nitrogens with one attached hydrogen (secondary N) is 1. The molecule has 1 aliphatic heterocycles. The van der Waals surface area contributed by atoms with Crippen molar-refractivity contribution in [3.63, 3.8) is 0 Å². The van der Waals surface area contributed by atoms with Crippen LogP contribution < -0.4 is 4.72 Å². The second-order valence-corrected chi connectivity index (χ2v) is 8.29. The average Bonchev–Trinajstić information content (AvgIpc) is 2.57.